The van der Waals surface area contributed by atoms with Gasteiger partial charge >= 0.3 is 0 Å². The molecule has 1 saturated heterocycles. The van der Waals surface area contributed by atoms with Gasteiger partial charge in [-0.1, -0.05) is 41.9 Å². The van der Waals surface area contributed by atoms with Gasteiger partial charge in [-0.3, -0.25) is 4.98 Å². The Balaban J connectivity index is 1.30. The largest absolute Gasteiger partial charge is 0.497 e. The van der Waals surface area contributed by atoms with E-state index in [4.69, 9.17) is 16.3 Å². The van der Waals surface area contributed by atoms with Crippen molar-refractivity contribution in [1.29, 1.82) is 0 Å². The van der Waals surface area contributed by atoms with Gasteiger partial charge in [0, 0.05) is 23.8 Å². The fourth-order valence-corrected chi connectivity index (χ4v) is 5.54. The quantitative estimate of drug-likeness (QED) is 0.328. The monoisotopic (exact) mass is 496 g/mol. The molecule has 0 amide bonds. The standard InChI is InChI=1S/C29H37ClN2O3/c1-35-23-10-11-26-24(19-23)28(25(30)20-31-26)27(34)12-13-29(21-33)14-17-32(18-15-29)16-6-5-9-22-7-3-2-4-8-22/h2-4,7-8,10-11,19-20,27,33-34H,5-6,9,12-18,21H2,1H3. The Morgan fingerprint density at radius 3 is 2.60 bits per heavy atom. The number of benzene rings is 2. The van der Waals surface area contributed by atoms with Crippen molar-refractivity contribution in [2.24, 2.45) is 5.41 Å². The molecule has 1 atom stereocenters. The second-order valence-electron chi connectivity index (χ2n) is 9.90. The minimum absolute atomic E-state index is 0.144. The molecule has 3 aromatic rings. The number of hydrogen-bond donors (Lipinski definition) is 2. The maximum Gasteiger partial charge on any atom is 0.119 e. The minimum Gasteiger partial charge on any atom is -0.497 e. The Bertz CT molecular complexity index is 1080. The summed E-state index contributed by atoms with van der Waals surface area (Å²) < 4.78 is 5.36. The fraction of sp³-hybridized carbons (Fsp3) is 0.483. The van der Waals surface area contributed by atoms with Gasteiger partial charge < -0.3 is 19.8 Å². The molecule has 2 N–H and O–H groups in total. The van der Waals surface area contributed by atoms with Crippen LogP contribution in [-0.2, 0) is 6.42 Å². The summed E-state index contributed by atoms with van der Waals surface area (Å²) in [5.74, 6) is 0.706. The van der Waals surface area contributed by atoms with Gasteiger partial charge in [0.2, 0.25) is 0 Å². The Hall–Kier alpha value is -2.18. The number of piperidine rings is 1. The first-order chi connectivity index (χ1) is 17.0. The van der Waals surface area contributed by atoms with Crippen LogP contribution in [0.1, 0.15) is 55.8 Å². The highest BCUT2D eigenvalue weighted by atomic mass is 35.5. The van der Waals surface area contributed by atoms with Crippen molar-refractivity contribution < 1.29 is 14.9 Å². The van der Waals surface area contributed by atoms with E-state index in [1.54, 1.807) is 13.3 Å². The first-order valence-electron chi connectivity index (χ1n) is 12.7. The normalized spacial score (nSPS) is 16.9. The molecular weight excluding hydrogens is 460 g/mol. The summed E-state index contributed by atoms with van der Waals surface area (Å²) in [6.45, 7) is 3.26. The van der Waals surface area contributed by atoms with E-state index in [0.717, 1.165) is 56.2 Å². The smallest absolute Gasteiger partial charge is 0.119 e. The van der Waals surface area contributed by atoms with Crippen molar-refractivity contribution in [3.8, 4) is 5.75 Å². The number of hydrogen-bond acceptors (Lipinski definition) is 5. The summed E-state index contributed by atoms with van der Waals surface area (Å²) in [4.78, 5) is 6.91. The van der Waals surface area contributed by atoms with Crippen LogP contribution in [0, 0.1) is 5.41 Å². The number of rotatable bonds is 11. The van der Waals surface area contributed by atoms with Gasteiger partial charge in [-0.2, -0.15) is 0 Å². The molecule has 0 bridgehead atoms. The molecule has 2 heterocycles. The summed E-state index contributed by atoms with van der Waals surface area (Å²) in [5, 5.41) is 22.7. The van der Waals surface area contributed by atoms with Crippen molar-refractivity contribution in [2.45, 2.75) is 51.0 Å². The highest BCUT2D eigenvalue weighted by Crippen LogP contribution is 2.40. The van der Waals surface area contributed by atoms with Gasteiger partial charge in [0.15, 0.2) is 0 Å². The highest BCUT2D eigenvalue weighted by Gasteiger charge is 2.34. The van der Waals surface area contributed by atoms with Crippen LogP contribution in [0.5, 0.6) is 5.75 Å². The average Bonchev–Trinajstić information content (AvgIpc) is 2.90. The third-order valence-corrected chi connectivity index (χ3v) is 7.94. The molecule has 4 rings (SSSR count). The van der Waals surface area contributed by atoms with Crippen LogP contribution in [0.4, 0.5) is 0 Å². The zero-order chi connectivity index (χ0) is 24.7. The van der Waals surface area contributed by atoms with Crippen molar-refractivity contribution in [3.63, 3.8) is 0 Å². The van der Waals surface area contributed by atoms with Crippen molar-refractivity contribution in [2.75, 3.05) is 33.4 Å². The SMILES string of the molecule is COc1ccc2ncc(Cl)c(C(O)CCC3(CO)CCN(CCCCc4ccccc4)CC3)c2c1. The number of likely N-dealkylation sites (tertiary alicyclic amines) is 1. The molecule has 188 valence electrons. The van der Waals surface area contributed by atoms with Gasteiger partial charge in [0.25, 0.3) is 0 Å². The summed E-state index contributed by atoms with van der Waals surface area (Å²) in [7, 11) is 1.62. The molecular formula is C29H37ClN2O3. The first kappa shape index (κ1) is 25.9. The van der Waals surface area contributed by atoms with E-state index in [1.807, 2.05) is 18.2 Å². The lowest BCUT2D eigenvalue weighted by Crippen LogP contribution is -2.42. The molecule has 1 aliphatic heterocycles. The van der Waals surface area contributed by atoms with Gasteiger partial charge in [-0.15, -0.1) is 0 Å². The number of aromatic nitrogens is 1. The first-order valence-corrected chi connectivity index (χ1v) is 13.1. The molecule has 35 heavy (non-hydrogen) atoms. The maximum absolute atomic E-state index is 11.1. The topological polar surface area (TPSA) is 65.8 Å². The number of aliphatic hydroxyl groups is 2. The molecule has 0 spiro atoms. The lowest BCUT2D eigenvalue weighted by molar-refractivity contribution is 0.0233. The van der Waals surface area contributed by atoms with Crippen LogP contribution in [0.2, 0.25) is 5.02 Å². The van der Waals surface area contributed by atoms with Crippen LogP contribution in [-0.4, -0.2) is 53.4 Å². The zero-order valence-electron chi connectivity index (χ0n) is 20.6. The van der Waals surface area contributed by atoms with Crippen molar-refractivity contribution in [3.05, 3.63) is 70.9 Å². The number of aryl methyl sites for hydroxylation is 1. The van der Waals surface area contributed by atoms with Gasteiger partial charge in [-0.05, 0) is 93.8 Å². The molecule has 0 radical (unpaired) electrons. The Morgan fingerprint density at radius 1 is 1.11 bits per heavy atom. The zero-order valence-corrected chi connectivity index (χ0v) is 21.4. The predicted octanol–water partition coefficient (Wildman–Crippen LogP) is 5.81. The van der Waals surface area contributed by atoms with Crippen molar-refractivity contribution >= 4 is 22.5 Å². The van der Waals surface area contributed by atoms with Gasteiger partial charge in [-0.25, -0.2) is 0 Å². The Morgan fingerprint density at radius 2 is 1.89 bits per heavy atom. The molecule has 1 fully saturated rings. The van der Waals surface area contributed by atoms with Crippen LogP contribution in [0.25, 0.3) is 10.9 Å². The number of fused-ring (bicyclic) bond motifs is 1. The van der Waals surface area contributed by atoms with Crippen LogP contribution in [0.15, 0.2) is 54.7 Å². The molecule has 5 nitrogen and oxygen atoms in total. The molecule has 0 aliphatic carbocycles. The highest BCUT2D eigenvalue weighted by molar-refractivity contribution is 6.32. The second kappa shape index (κ2) is 12.2. The van der Waals surface area contributed by atoms with Crippen molar-refractivity contribution in [1.82, 2.24) is 9.88 Å². The fourth-order valence-electron chi connectivity index (χ4n) is 5.27. The van der Waals surface area contributed by atoms with Crippen LogP contribution >= 0.6 is 11.6 Å². The molecule has 1 aromatic heterocycles. The van der Waals surface area contributed by atoms with E-state index in [9.17, 15) is 10.2 Å². The summed E-state index contributed by atoms with van der Waals surface area (Å²) in [6.07, 6.45) is 7.61. The predicted molar refractivity (Wildman–Crippen MR) is 142 cm³/mol. The molecule has 1 unspecified atom stereocenters. The Labute approximate surface area is 213 Å². The molecule has 1 aliphatic rings. The molecule has 2 aromatic carbocycles. The number of ether oxygens (including phenoxy) is 1. The summed E-state index contributed by atoms with van der Waals surface area (Å²) in [6, 6.07) is 16.3. The van der Waals surface area contributed by atoms with Crippen LogP contribution < -0.4 is 4.74 Å². The van der Waals surface area contributed by atoms with Gasteiger partial charge in [0.1, 0.15) is 5.75 Å². The van der Waals surface area contributed by atoms with E-state index in [2.05, 4.69) is 40.2 Å². The van der Waals surface area contributed by atoms with E-state index in [1.165, 1.54) is 18.4 Å². The third kappa shape index (κ3) is 6.53. The summed E-state index contributed by atoms with van der Waals surface area (Å²) >= 11 is 6.48. The number of nitrogens with zero attached hydrogens (tertiary/aromatic N) is 2. The number of pyridine rings is 1. The molecule has 6 heteroatoms. The number of aliphatic hydroxyl groups excluding tert-OH is 2. The maximum atomic E-state index is 11.1. The van der Waals surface area contributed by atoms with Gasteiger partial charge in [0.05, 0.1) is 23.8 Å². The number of methoxy groups -OCH3 is 1. The average molecular weight is 497 g/mol. The number of unbranched alkanes of at least 4 members (excludes halogenated alkanes) is 1. The third-order valence-electron chi connectivity index (χ3n) is 7.63. The van der Waals surface area contributed by atoms with E-state index < -0.39 is 6.10 Å². The second-order valence-corrected chi connectivity index (χ2v) is 10.3. The molecule has 0 saturated carbocycles. The lowest BCUT2D eigenvalue weighted by Gasteiger charge is -2.41. The Kier molecular flexibility index (Phi) is 9.01. The van der Waals surface area contributed by atoms with Crippen LogP contribution in [0.3, 0.4) is 0 Å². The summed E-state index contributed by atoms with van der Waals surface area (Å²) in [5.41, 5.74) is 2.74. The number of halogens is 1. The lowest BCUT2D eigenvalue weighted by atomic mass is 9.74. The minimum atomic E-state index is -0.723. The van der Waals surface area contributed by atoms with E-state index in [0.29, 0.717) is 22.8 Å². The van der Waals surface area contributed by atoms with E-state index in [-0.39, 0.29) is 12.0 Å². The van der Waals surface area contributed by atoms with E-state index >= 15 is 0 Å².